The van der Waals surface area contributed by atoms with Gasteiger partial charge in [0.25, 0.3) is 0 Å². The van der Waals surface area contributed by atoms with E-state index in [-0.39, 0.29) is 6.61 Å². The maximum Gasteiger partial charge on any atom is 0.340 e. The number of hydrogen-bond donors (Lipinski definition) is 1. The van der Waals surface area contributed by atoms with E-state index in [2.05, 4.69) is 0 Å². The highest BCUT2D eigenvalue weighted by Gasteiger charge is 2.13. The van der Waals surface area contributed by atoms with Gasteiger partial charge in [0.15, 0.2) is 6.61 Å². The van der Waals surface area contributed by atoms with E-state index in [1.165, 1.54) is 0 Å². The first-order valence-corrected chi connectivity index (χ1v) is 5.34. The third kappa shape index (κ3) is 4.41. The van der Waals surface area contributed by atoms with Crippen LogP contribution in [0.3, 0.4) is 0 Å². The van der Waals surface area contributed by atoms with Crippen LogP contribution in [0.5, 0.6) is 5.75 Å². The minimum Gasteiger partial charge on any atom is -0.485 e. The summed E-state index contributed by atoms with van der Waals surface area (Å²) in [6, 6.07) is 7.92. The van der Waals surface area contributed by atoms with E-state index in [4.69, 9.17) is 22.2 Å². The van der Waals surface area contributed by atoms with Crippen LogP contribution in [0.1, 0.15) is 0 Å². The molecule has 0 spiro atoms. The molecular weight excluding hydrogens is 252 g/mol. The van der Waals surface area contributed by atoms with Gasteiger partial charge in [0.1, 0.15) is 5.75 Å². The van der Waals surface area contributed by atoms with Gasteiger partial charge in [0.05, 0.1) is 11.9 Å². The van der Waals surface area contributed by atoms with E-state index in [0.29, 0.717) is 21.5 Å². The Bertz CT molecular complexity index is 374. The summed E-state index contributed by atoms with van der Waals surface area (Å²) in [7, 11) is 0. The highest BCUT2D eigenvalue weighted by molar-refractivity contribution is 8.12. The van der Waals surface area contributed by atoms with E-state index in [0.717, 1.165) is 0 Å². The molecule has 1 aromatic rings. The molecule has 1 rings (SSSR count). The second-order valence-corrected chi connectivity index (χ2v) is 4.19. The summed E-state index contributed by atoms with van der Waals surface area (Å²) in [4.78, 5) is 21.7. The molecule has 16 heavy (non-hydrogen) atoms. The van der Waals surface area contributed by atoms with Gasteiger partial charge >= 0.3 is 6.03 Å². The first-order valence-electron chi connectivity index (χ1n) is 4.23. The van der Waals surface area contributed by atoms with Crippen molar-refractivity contribution in [1.29, 1.82) is 0 Å². The zero-order chi connectivity index (χ0) is 12.0. The summed E-state index contributed by atoms with van der Waals surface area (Å²) < 4.78 is 5.67. The Balaban J connectivity index is 2.33. The van der Waals surface area contributed by atoms with Gasteiger partial charge in [-0.3, -0.25) is 4.79 Å². The minimum atomic E-state index is -0.903. The quantitative estimate of drug-likeness (QED) is 0.664. The van der Waals surface area contributed by atoms with Crippen molar-refractivity contribution in [1.82, 2.24) is 3.82 Å². The second-order valence-electron chi connectivity index (χ2n) is 2.65. The van der Waals surface area contributed by atoms with Gasteiger partial charge in [-0.1, -0.05) is 18.2 Å². The highest BCUT2D eigenvalue weighted by Crippen LogP contribution is 2.15. The molecule has 0 atom stereocenters. The standard InChI is InChI=1S/C9H9ClN2O3S/c10-12(9(11)14)16-8(13)6-15-7-4-2-1-3-5-7/h1-5H,6H2,(H2,11,14). The smallest absolute Gasteiger partial charge is 0.340 e. The van der Waals surface area contributed by atoms with Crippen molar-refractivity contribution in [2.24, 2.45) is 5.73 Å². The fourth-order valence-corrected chi connectivity index (χ4v) is 1.43. The minimum absolute atomic E-state index is 0.189. The highest BCUT2D eigenvalue weighted by atomic mass is 35.5. The number of amides is 2. The maximum absolute atomic E-state index is 11.2. The predicted molar refractivity (Wildman–Crippen MR) is 61.8 cm³/mol. The normalized spacial score (nSPS) is 9.56. The molecule has 2 amide bonds. The van der Waals surface area contributed by atoms with E-state index in [1.54, 1.807) is 24.3 Å². The molecule has 0 aliphatic carbocycles. The van der Waals surface area contributed by atoms with Gasteiger partial charge in [0.2, 0.25) is 5.12 Å². The molecular formula is C9H9ClN2O3S. The summed E-state index contributed by atoms with van der Waals surface area (Å²) in [5.41, 5.74) is 4.83. The van der Waals surface area contributed by atoms with Crippen molar-refractivity contribution < 1.29 is 14.3 Å². The van der Waals surface area contributed by atoms with Gasteiger partial charge in [-0.05, 0) is 12.1 Å². The van der Waals surface area contributed by atoms with Gasteiger partial charge in [0, 0.05) is 11.8 Å². The number of rotatable bonds is 3. The van der Waals surface area contributed by atoms with Crippen LogP contribution in [0.4, 0.5) is 4.79 Å². The second kappa shape index (κ2) is 6.24. The zero-order valence-corrected chi connectivity index (χ0v) is 9.70. The fraction of sp³-hybridized carbons (Fsp3) is 0.111. The molecule has 5 nitrogen and oxygen atoms in total. The van der Waals surface area contributed by atoms with Crippen LogP contribution in [0.2, 0.25) is 0 Å². The lowest BCUT2D eigenvalue weighted by atomic mass is 10.3. The average molecular weight is 261 g/mol. The lowest BCUT2D eigenvalue weighted by Crippen LogP contribution is -2.24. The number of nitrogens with zero attached hydrogens (tertiary/aromatic N) is 1. The molecule has 1 aromatic carbocycles. The third-order valence-electron chi connectivity index (χ3n) is 1.46. The Labute approximate surface area is 102 Å². The number of urea groups is 1. The van der Waals surface area contributed by atoms with Crippen LogP contribution in [-0.4, -0.2) is 21.6 Å². The van der Waals surface area contributed by atoms with Crippen molar-refractivity contribution in [3.63, 3.8) is 0 Å². The number of benzene rings is 1. The van der Waals surface area contributed by atoms with E-state index >= 15 is 0 Å². The summed E-state index contributed by atoms with van der Waals surface area (Å²) in [5, 5.41) is -0.419. The van der Waals surface area contributed by atoms with E-state index in [1.807, 2.05) is 6.07 Å². The van der Waals surface area contributed by atoms with Gasteiger partial charge in [-0.25, -0.2) is 4.79 Å². The largest absolute Gasteiger partial charge is 0.485 e. The summed E-state index contributed by atoms with van der Waals surface area (Å²) in [6.45, 7) is -0.189. The van der Waals surface area contributed by atoms with E-state index in [9.17, 15) is 9.59 Å². The molecule has 2 N–H and O–H groups in total. The maximum atomic E-state index is 11.2. The van der Waals surface area contributed by atoms with Crippen LogP contribution in [0, 0.1) is 0 Å². The van der Waals surface area contributed by atoms with Crippen molar-refractivity contribution in [3.8, 4) is 5.75 Å². The summed E-state index contributed by atoms with van der Waals surface area (Å²) >= 11 is 5.82. The zero-order valence-electron chi connectivity index (χ0n) is 8.13. The predicted octanol–water partition coefficient (Wildman–Crippen LogP) is 1.77. The molecule has 0 saturated heterocycles. The number of ether oxygens (including phenoxy) is 1. The van der Waals surface area contributed by atoms with Crippen molar-refractivity contribution in [2.75, 3.05) is 6.61 Å². The number of hydrogen-bond acceptors (Lipinski definition) is 4. The van der Waals surface area contributed by atoms with Crippen LogP contribution < -0.4 is 10.5 Å². The van der Waals surface area contributed by atoms with Crippen molar-refractivity contribution in [2.45, 2.75) is 0 Å². The first kappa shape index (κ1) is 12.7. The molecule has 0 heterocycles. The van der Waals surface area contributed by atoms with Crippen LogP contribution in [-0.2, 0) is 4.79 Å². The Morgan fingerprint density at radius 2 is 2.00 bits per heavy atom. The summed E-state index contributed by atoms with van der Waals surface area (Å²) in [5.74, 6) is 0.566. The Morgan fingerprint density at radius 3 is 2.56 bits per heavy atom. The van der Waals surface area contributed by atoms with Gasteiger partial charge in [-0.15, -0.1) is 0 Å². The Kier molecular flexibility index (Phi) is 4.94. The molecule has 0 aliphatic heterocycles. The average Bonchev–Trinajstić information content (AvgIpc) is 2.27. The Morgan fingerprint density at radius 1 is 1.38 bits per heavy atom. The van der Waals surface area contributed by atoms with Gasteiger partial charge in [-0.2, -0.15) is 3.82 Å². The molecule has 0 bridgehead atoms. The lowest BCUT2D eigenvalue weighted by Gasteiger charge is -2.08. The molecule has 0 unspecified atom stereocenters. The van der Waals surface area contributed by atoms with E-state index < -0.39 is 11.1 Å². The molecule has 0 aliphatic rings. The van der Waals surface area contributed by atoms with Crippen LogP contribution in [0.15, 0.2) is 30.3 Å². The number of halogens is 1. The number of carbonyl (C=O) groups excluding carboxylic acids is 2. The number of carbonyl (C=O) groups is 2. The van der Waals surface area contributed by atoms with Crippen molar-refractivity contribution >= 4 is 34.9 Å². The molecule has 7 heteroatoms. The molecule has 0 radical (unpaired) electrons. The molecule has 0 fully saturated rings. The summed E-state index contributed by atoms with van der Waals surface area (Å²) in [6.07, 6.45) is 0. The number of para-hydroxylation sites is 1. The Hall–Kier alpha value is -1.40. The van der Waals surface area contributed by atoms with Crippen LogP contribution in [0.25, 0.3) is 0 Å². The third-order valence-corrected chi connectivity index (χ3v) is 2.49. The molecule has 86 valence electrons. The lowest BCUT2D eigenvalue weighted by molar-refractivity contribution is -0.112. The number of nitrogens with two attached hydrogens (primary N) is 1. The topological polar surface area (TPSA) is 72.6 Å². The van der Waals surface area contributed by atoms with Gasteiger partial charge < -0.3 is 10.5 Å². The molecule has 0 aromatic heterocycles. The number of primary amides is 1. The van der Waals surface area contributed by atoms with Crippen LogP contribution >= 0.6 is 23.7 Å². The van der Waals surface area contributed by atoms with Crippen molar-refractivity contribution in [3.05, 3.63) is 30.3 Å². The SMILES string of the molecule is NC(=O)N(Cl)SC(=O)COc1ccccc1. The first-order chi connectivity index (χ1) is 7.59. The monoisotopic (exact) mass is 260 g/mol. The fourth-order valence-electron chi connectivity index (χ4n) is 0.820. The molecule has 0 saturated carbocycles.